The highest BCUT2D eigenvalue weighted by Gasteiger charge is 2.34. The first kappa shape index (κ1) is 13.3. The molecule has 1 amide bonds. The third-order valence-corrected chi connectivity index (χ3v) is 4.25. The summed E-state index contributed by atoms with van der Waals surface area (Å²) in [5, 5.41) is 3.20. The molecular weight excluding hydrogens is 232 g/mol. The van der Waals surface area contributed by atoms with Crippen LogP contribution in [0.4, 0.5) is 0 Å². The summed E-state index contributed by atoms with van der Waals surface area (Å²) in [4.78, 5) is 25.6. The standard InChI is InChI=1S/C13H22N2O3/c1-9(11-7-14-8-11)12(16)15-5-3-10(4-6-15)13(17)18-2/h9-11,14H,3-8H2,1-2H3. The Morgan fingerprint density at radius 2 is 1.89 bits per heavy atom. The maximum atomic E-state index is 12.3. The molecule has 0 aromatic carbocycles. The van der Waals surface area contributed by atoms with Gasteiger partial charge in [0, 0.05) is 19.0 Å². The molecular formula is C13H22N2O3. The second-order valence-corrected chi connectivity index (χ2v) is 5.33. The number of nitrogens with one attached hydrogen (secondary N) is 1. The second kappa shape index (κ2) is 5.69. The van der Waals surface area contributed by atoms with Crippen molar-refractivity contribution in [3.05, 3.63) is 0 Å². The van der Waals surface area contributed by atoms with E-state index in [-0.39, 0.29) is 23.7 Å². The molecule has 1 unspecified atom stereocenters. The van der Waals surface area contributed by atoms with E-state index in [1.807, 2.05) is 11.8 Å². The van der Waals surface area contributed by atoms with Gasteiger partial charge in [0.05, 0.1) is 13.0 Å². The average Bonchev–Trinajstić information content (AvgIpc) is 2.35. The van der Waals surface area contributed by atoms with E-state index in [0.29, 0.717) is 19.0 Å². The fourth-order valence-corrected chi connectivity index (χ4v) is 2.66. The molecule has 0 saturated carbocycles. The highest BCUT2D eigenvalue weighted by atomic mass is 16.5. The quantitative estimate of drug-likeness (QED) is 0.734. The Morgan fingerprint density at radius 1 is 1.28 bits per heavy atom. The minimum absolute atomic E-state index is 0.0280. The van der Waals surface area contributed by atoms with Gasteiger partial charge in [0.1, 0.15) is 0 Å². The molecule has 5 nitrogen and oxygen atoms in total. The summed E-state index contributed by atoms with van der Waals surface area (Å²) in [6.07, 6.45) is 1.46. The zero-order chi connectivity index (χ0) is 13.1. The lowest BCUT2D eigenvalue weighted by molar-refractivity contribution is -0.150. The fraction of sp³-hybridized carbons (Fsp3) is 0.846. The van der Waals surface area contributed by atoms with Crippen LogP contribution in [0.2, 0.25) is 0 Å². The van der Waals surface area contributed by atoms with E-state index < -0.39 is 0 Å². The SMILES string of the molecule is COC(=O)C1CCN(C(=O)C(C)C2CNC2)CC1. The fourth-order valence-electron chi connectivity index (χ4n) is 2.66. The summed E-state index contributed by atoms with van der Waals surface area (Å²) in [5.41, 5.74) is 0. The molecule has 18 heavy (non-hydrogen) atoms. The molecule has 0 bridgehead atoms. The van der Waals surface area contributed by atoms with Crippen LogP contribution in [-0.4, -0.2) is 50.1 Å². The van der Waals surface area contributed by atoms with Crippen molar-refractivity contribution in [1.82, 2.24) is 10.2 Å². The van der Waals surface area contributed by atoms with Gasteiger partial charge in [0.15, 0.2) is 0 Å². The third-order valence-electron chi connectivity index (χ3n) is 4.25. The lowest BCUT2D eigenvalue weighted by atomic mass is 9.87. The van der Waals surface area contributed by atoms with Gasteiger partial charge in [-0.2, -0.15) is 0 Å². The van der Waals surface area contributed by atoms with E-state index in [0.717, 1.165) is 25.9 Å². The van der Waals surface area contributed by atoms with Crippen LogP contribution in [0.25, 0.3) is 0 Å². The Balaban J connectivity index is 1.81. The van der Waals surface area contributed by atoms with Crippen LogP contribution in [-0.2, 0) is 14.3 Å². The first-order chi connectivity index (χ1) is 8.63. The molecule has 1 atom stereocenters. The van der Waals surface area contributed by atoms with Gasteiger partial charge in [-0.3, -0.25) is 9.59 Å². The minimum Gasteiger partial charge on any atom is -0.469 e. The number of ether oxygens (including phenoxy) is 1. The molecule has 2 saturated heterocycles. The van der Waals surface area contributed by atoms with Crippen LogP contribution in [0, 0.1) is 17.8 Å². The van der Waals surface area contributed by atoms with Crippen LogP contribution in [0.1, 0.15) is 19.8 Å². The number of esters is 1. The van der Waals surface area contributed by atoms with Crippen molar-refractivity contribution in [3.63, 3.8) is 0 Å². The molecule has 1 N–H and O–H groups in total. The van der Waals surface area contributed by atoms with Gasteiger partial charge >= 0.3 is 5.97 Å². The van der Waals surface area contributed by atoms with Crippen LogP contribution in [0.5, 0.6) is 0 Å². The van der Waals surface area contributed by atoms with Gasteiger partial charge in [0.2, 0.25) is 5.91 Å². The maximum Gasteiger partial charge on any atom is 0.308 e. The predicted octanol–water partition coefficient (Wildman–Crippen LogP) is 0.254. The number of piperidine rings is 1. The molecule has 0 aliphatic carbocycles. The highest BCUT2D eigenvalue weighted by Crippen LogP contribution is 2.23. The van der Waals surface area contributed by atoms with Crippen LogP contribution in [0.15, 0.2) is 0 Å². The number of carbonyl (C=O) groups is 2. The lowest BCUT2D eigenvalue weighted by Crippen LogP contribution is -2.51. The summed E-state index contributed by atoms with van der Waals surface area (Å²) < 4.78 is 4.75. The normalized spacial score (nSPS) is 23.3. The average molecular weight is 254 g/mol. The number of amides is 1. The van der Waals surface area contributed by atoms with E-state index in [9.17, 15) is 9.59 Å². The molecule has 0 spiro atoms. The molecule has 0 aromatic rings. The van der Waals surface area contributed by atoms with Crippen molar-refractivity contribution >= 4 is 11.9 Å². The summed E-state index contributed by atoms with van der Waals surface area (Å²) in [6, 6.07) is 0. The Hall–Kier alpha value is -1.10. The van der Waals surface area contributed by atoms with Crippen molar-refractivity contribution in [2.24, 2.45) is 17.8 Å². The zero-order valence-corrected chi connectivity index (χ0v) is 11.1. The van der Waals surface area contributed by atoms with Crippen LogP contribution < -0.4 is 5.32 Å². The molecule has 5 heteroatoms. The van der Waals surface area contributed by atoms with Gasteiger partial charge in [-0.25, -0.2) is 0 Å². The van der Waals surface area contributed by atoms with Crippen LogP contribution >= 0.6 is 0 Å². The summed E-state index contributed by atoms with van der Waals surface area (Å²) in [6.45, 7) is 5.28. The Bertz CT molecular complexity index is 320. The molecule has 2 fully saturated rings. The van der Waals surface area contributed by atoms with Crippen molar-refractivity contribution in [1.29, 1.82) is 0 Å². The third kappa shape index (κ3) is 2.66. The molecule has 102 valence electrons. The Kier molecular flexibility index (Phi) is 4.22. The van der Waals surface area contributed by atoms with Gasteiger partial charge in [-0.15, -0.1) is 0 Å². The number of hydrogen-bond acceptors (Lipinski definition) is 4. The number of hydrogen-bond donors (Lipinski definition) is 1. The van der Waals surface area contributed by atoms with Gasteiger partial charge in [-0.05, 0) is 31.8 Å². The van der Waals surface area contributed by atoms with Crippen molar-refractivity contribution in [2.45, 2.75) is 19.8 Å². The predicted molar refractivity (Wildman–Crippen MR) is 66.8 cm³/mol. The number of methoxy groups -OCH3 is 1. The topological polar surface area (TPSA) is 58.6 Å². The summed E-state index contributed by atoms with van der Waals surface area (Å²) >= 11 is 0. The van der Waals surface area contributed by atoms with Gasteiger partial charge in [-0.1, -0.05) is 6.92 Å². The molecule has 2 rings (SSSR count). The van der Waals surface area contributed by atoms with E-state index in [1.165, 1.54) is 7.11 Å². The largest absolute Gasteiger partial charge is 0.469 e. The minimum atomic E-state index is -0.140. The second-order valence-electron chi connectivity index (χ2n) is 5.33. The van der Waals surface area contributed by atoms with Gasteiger partial charge < -0.3 is 15.0 Å². The Morgan fingerprint density at radius 3 is 2.33 bits per heavy atom. The van der Waals surface area contributed by atoms with Crippen LogP contribution in [0.3, 0.4) is 0 Å². The monoisotopic (exact) mass is 254 g/mol. The lowest BCUT2D eigenvalue weighted by Gasteiger charge is -2.37. The van der Waals surface area contributed by atoms with E-state index >= 15 is 0 Å². The van der Waals surface area contributed by atoms with E-state index in [4.69, 9.17) is 4.74 Å². The number of likely N-dealkylation sites (tertiary alicyclic amines) is 1. The molecule has 0 radical (unpaired) electrons. The molecule has 2 heterocycles. The van der Waals surface area contributed by atoms with E-state index in [2.05, 4.69) is 5.32 Å². The number of carbonyl (C=O) groups excluding carboxylic acids is 2. The molecule has 0 aromatic heterocycles. The summed E-state index contributed by atoms with van der Waals surface area (Å²) in [5.74, 6) is 0.652. The van der Waals surface area contributed by atoms with Gasteiger partial charge in [0.25, 0.3) is 0 Å². The molecule has 2 aliphatic heterocycles. The van der Waals surface area contributed by atoms with Crippen molar-refractivity contribution in [2.75, 3.05) is 33.3 Å². The van der Waals surface area contributed by atoms with Crippen molar-refractivity contribution in [3.8, 4) is 0 Å². The first-order valence-electron chi connectivity index (χ1n) is 6.70. The van der Waals surface area contributed by atoms with Crippen molar-refractivity contribution < 1.29 is 14.3 Å². The zero-order valence-electron chi connectivity index (χ0n) is 11.1. The Labute approximate surface area is 108 Å². The molecule has 2 aliphatic rings. The maximum absolute atomic E-state index is 12.3. The number of rotatable bonds is 3. The highest BCUT2D eigenvalue weighted by molar-refractivity contribution is 5.79. The first-order valence-corrected chi connectivity index (χ1v) is 6.70. The smallest absolute Gasteiger partial charge is 0.308 e. The number of nitrogens with zero attached hydrogens (tertiary/aromatic N) is 1. The van der Waals surface area contributed by atoms with E-state index in [1.54, 1.807) is 0 Å². The summed E-state index contributed by atoms with van der Waals surface area (Å²) in [7, 11) is 1.42.